The molecule has 0 saturated carbocycles. The van der Waals surface area contributed by atoms with Gasteiger partial charge in [0.25, 0.3) is 0 Å². The molecule has 0 amide bonds. The molecule has 0 saturated heterocycles. The molecule has 2 rings (SSSR count). The summed E-state index contributed by atoms with van der Waals surface area (Å²) in [6, 6.07) is 5.42. The number of hydrogen-bond donors (Lipinski definition) is 1. The highest BCUT2D eigenvalue weighted by Gasteiger charge is 2.20. The largest absolute Gasteiger partial charge is 0.493 e. The van der Waals surface area contributed by atoms with Gasteiger partial charge in [0.2, 0.25) is 0 Å². The number of ether oxygens (including phenoxy) is 1. The zero-order valence-corrected chi connectivity index (χ0v) is 11.3. The molecule has 0 aromatic heterocycles. The molecule has 0 aliphatic carbocycles. The van der Waals surface area contributed by atoms with Gasteiger partial charge in [-0.1, -0.05) is 19.9 Å². The molecule has 0 fully saturated rings. The molecule has 2 nitrogen and oxygen atoms in total. The van der Waals surface area contributed by atoms with E-state index in [-0.39, 0.29) is 0 Å². The molecule has 1 unspecified atom stereocenters. The Labute approximate surface area is 104 Å². The Morgan fingerprint density at radius 2 is 1.94 bits per heavy atom. The predicted octanol–water partition coefficient (Wildman–Crippen LogP) is 3.52. The van der Waals surface area contributed by atoms with E-state index in [1.54, 1.807) is 0 Å². The van der Waals surface area contributed by atoms with Gasteiger partial charge in [-0.2, -0.15) is 0 Å². The summed E-state index contributed by atoms with van der Waals surface area (Å²) < 4.78 is 5.86. The molecule has 1 aliphatic heterocycles. The Morgan fingerprint density at radius 1 is 1.24 bits per heavy atom. The molecule has 0 bridgehead atoms. The smallest absolute Gasteiger partial charge is 0.124 e. The Morgan fingerprint density at radius 3 is 2.65 bits per heavy atom. The van der Waals surface area contributed by atoms with Gasteiger partial charge in [-0.15, -0.1) is 0 Å². The number of nitrogens with one attached hydrogen (secondary N) is 1. The van der Waals surface area contributed by atoms with Crippen molar-refractivity contribution >= 4 is 0 Å². The van der Waals surface area contributed by atoms with Crippen LogP contribution in [0.4, 0.5) is 0 Å². The van der Waals surface area contributed by atoms with Crippen molar-refractivity contribution in [2.45, 2.75) is 52.6 Å². The zero-order valence-electron chi connectivity index (χ0n) is 11.3. The predicted molar refractivity (Wildman–Crippen MR) is 71.7 cm³/mol. The van der Waals surface area contributed by atoms with E-state index in [0.717, 1.165) is 25.2 Å². The van der Waals surface area contributed by atoms with E-state index in [9.17, 15) is 0 Å². The van der Waals surface area contributed by atoms with Crippen LogP contribution in [0, 0.1) is 13.8 Å². The first-order chi connectivity index (χ1) is 8.08. The van der Waals surface area contributed by atoms with Crippen molar-refractivity contribution in [2.75, 3.05) is 6.61 Å². The third kappa shape index (κ3) is 2.81. The number of hydrogen-bond acceptors (Lipinski definition) is 2. The van der Waals surface area contributed by atoms with E-state index in [4.69, 9.17) is 4.74 Å². The van der Waals surface area contributed by atoms with E-state index < -0.39 is 0 Å². The van der Waals surface area contributed by atoms with Crippen LogP contribution in [0.25, 0.3) is 0 Å². The van der Waals surface area contributed by atoms with Crippen LogP contribution in [-0.4, -0.2) is 12.6 Å². The van der Waals surface area contributed by atoms with Crippen molar-refractivity contribution in [2.24, 2.45) is 0 Å². The van der Waals surface area contributed by atoms with E-state index in [1.165, 1.54) is 16.7 Å². The van der Waals surface area contributed by atoms with E-state index in [2.05, 4.69) is 45.1 Å². The Hall–Kier alpha value is -1.02. The Bertz CT molecular complexity index is 398. The minimum Gasteiger partial charge on any atom is -0.493 e. The highest BCUT2D eigenvalue weighted by molar-refractivity contribution is 5.44. The second-order valence-electron chi connectivity index (χ2n) is 5.34. The minimum atomic E-state index is 0.437. The lowest BCUT2D eigenvalue weighted by molar-refractivity contribution is 0.314. The van der Waals surface area contributed by atoms with Gasteiger partial charge in [-0.05, 0) is 43.9 Å². The SMILES string of the molecule is Cc1cc2c(cc1C)C(NC(C)C)CCCO2. The first-order valence-corrected chi connectivity index (χ1v) is 6.58. The molecule has 94 valence electrons. The molecule has 2 heteroatoms. The van der Waals surface area contributed by atoms with Crippen molar-refractivity contribution < 1.29 is 4.74 Å². The molecular weight excluding hydrogens is 210 g/mol. The lowest BCUT2D eigenvalue weighted by atomic mass is 9.97. The van der Waals surface area contributed by atoms with Crippen LogP contribution in [0.15, 0.2) is 12.1 Å². The fourth-order valence-corrected chi connectivity index (χ4v) is 2.41. The summed E-state index contributed by atoms with van der Waals surface area (Å²) >= 11 is 0. The van der Waals surface area contributed by atoms with Crippen molar-refractivity contribution in [3.05, 3.63) is 28.8 Å². The number of rotatable bonds is 2. The van der Waals surface area contributed by atoms with Gasteiger partial charge >= 0.3 is 0 Å². The highest BCUT2D eigenvalue weighted by Crippen LogP contribution is 2.33. The van der Waals surface area contributed by atoms with Crippen LogP contribution >= 0.6 is 0 Å². The molecule has 1 aromatic rings. The average molecular weight is 233 g/mol. The van der Waals surface area contributed by atoms with Crippen LogP contribution in [0.2, 0.25) is 0 Å². The summed E-state index contributed by atoms with van der Waals surface area (Å²) in [7, 11) is 0. The van der Waals surface area contributed by atoms with Gasteiger partial charge in [0, 0.05) is 17.6 Å². The molecule has 1 aromatic carbocycles. The second-order valence-corrected chi connectivity index (χ2v) is 5.34. The third-order valence-electron chi connectivity index (χ3n) is 3.43. The molecule has 0 radical (unpaired) electrons. The second kappa shape index (κ2) is 5.09. The third-order valence-corrected chi connectivity index (χ3v) is 3.43. The first kappa shape index (κ1) is 12.4. The van der Waals surface area contributed by atoms with Gasteiger partial charge < -0.3 is 10.1 Å². The summed E-state index contributed by atoms with van der Waals surface area (Å²) in [4.78, 5) is 0. The van der Waals surface area contributed by atoms with Crippen molar-refractivity contribution in [1.82, 2.24) is 5.32 Å². The first-order valence-electron chi connectivity index (χ1n) is 6.58. The summed E-state index contributed by atoms with van der Waals surface area (Å²) in [5.41, 5.74) is 4.00. The van der Waals surface area contributed by atoms with Crippen LogP contribution < -0.4 is 10.1 Å². The quantitative estimate of drug-likeness (QED) is 0.844. The van der Waals surface area contributed by atoms with Gasteiger partial charge in [0.1, 0.15) is 5.75 Å². The lowest BCUT2D eigenvalue weighted by Gasteiger charge is -2.22. The maximum Gasteiger partial charge on any atom is 0.124 e. The van der Waals surface area contributed by atoms with Gasteiger partial charge in [0.15, 0.2) is 0 Å². The molecule has 17 heavy (non-hydrogen) atoms. The molecule has 1 aliphatic rings. The van der Waals surface area contributed by atoms with Crippen LogP contribution in [0.5, 0.6) is 5.75 Å². The highest BCUT2D eigenvalue weighted by atomic mass is 16.5. The van der Waals surface area contributed by atoms with Crippen LogP contribution in [0.3, 0.4) is 0 Å². The monoisotopic (exact) mass is 233 g/mol. The summed E-state index contributed by atoms with van der Waals surface area (Å²) in [5, 5.41) is 3.64. The van der Waals surface area contributed by atoms with Gasteiger partial charge in [0.05, 0.1) is 6.61 Å². The van der Waals surface area contributed by atoms with Crippen molar-refractivity contribution in [3.8, 4) is 5.75 Å². The van der Waals surface area contributed by atoms with Gasteiger partial charge in [-0.3, -0.25) is 0 Å². The maximum absolute atomic E-state index is 5.86. The average Bonchev–Trinajstić information content (AvgIpc) is 2.42. The molecule has 1 N–H and O–H groups in total. The number of benzene rings is 1. The summed E-state index contributed by atoms with van der Waals surface area (Å²) in [6.07, 6.45) is 2.28. The zero-order chi connectivity index (χ0) is 12.4. The minimum absolute atomic E-state index is 0.437. The molecular formula is C15H23NO. The van der Waals surface area contributed by atoms with Crippen molar-refractivity contribution in [1.29, 1.82) is 0 Å². The van der Waals surface area contributed by atoms with Crippen LogP contribution in [-0.2, 0) is 0 Å². The summed E-state index contributed by atoms with van der Waals surface area (Å²) in [6.45, 7) is 9.56. The topological polar surface area (TPSA) is 21.3 Å². The molecule has 1 atom stereocenters. The lowest BCUT2D eigenvalue weighted by Crippen LogP contribution is -2.28. The normalized spacial score (nSPS) is 19.7. The fraction of sp³-hybridized carbons (Fsp3) is 0.600. The molecule has 0 spiro atoms. The standard InChI is InChI=1S/C15H23NO/c1-10(2)16-14-6-5-7-17-15-9-12(4)11(3)8-13(14)15/h8-10,14,16H,5-7H2,1-4H3. The Balaban J connectivity index is 2.37. The maximum atomic E-state index is 5.86. The van der Waals surface area contributed by atoms with Crippen molar-refractivity contribution in [3.63, 3.8) is 0 Å². The number of fused-ring (bicyclic) bond motifs is 1. The van der Waals surface area contributed by atoms with E-state index in [1.807, 2.05) is 0 Å². The Kier molecular flexibility index (Phi) is 3.72. The van der Waals surface area contributed by atoms with Crippen LogP contribution in [0.1, 0.15) is 49.4 Å². The number of aryl methyl sites for hydroxylation is 2. The summed E-state index contributed by atoms with van der Waals surface area (Å²) in [5.74, 6) is 1.07. The molecule has 1 heterocycles. The van der Waals surface area contributed by atoms with E-state index in [0.29, 0.717) is 12.1 Å². The fourth-order valence-electron chi connectivity index (χ4n) is 2.41. The van der Waals surface area contributed by atoms with Gasteiger partial charge in [-0.25, -0.2) is 0 Å². The van der Waals surface area contributed by atoms with E-state index >= 15 is 0 Å².